The summed E-state index contributed by atoms with van der Waals surface area (Å²) in [5.41, 5.74) is 2.07. The Labute approximate surface area is 126 Å². The molecule has 0 N–H and O–H groups in total. The first-order chi connectivity index (χ1) is 9.58. The van der Waals surface area contributed by atoms with Crippen molar-refractivity contribution in [3.05, 3.63) is 39.6 Å². The molecule has 1 aliphatic rings. The van der Waals surface area contributed by atoms with E-state index in [1.807, 2.05) is 0 Å². The van der Waals surface area contributed by atoms with Gasteiger partial charge in [0.1, 0.15) is 17.2 Å². The zero-order valence-corrected chi connectivity index (χ0v) is 12.5. The zero-order valence-electron chi connectivity index (χ0n) is 11.0. The van der Waals surface area contributed by atoms with Crippen LogP contribution in [0.3, 0.4) is 0 Å². The normalized spacial score (nSPS) is 14.6. The summed E-state index contributed by atoms with van der Waals surface area (Å²) in [6.07, 6.45) is 2.46. The molecule has 0 bridgehead atoms. The molecule has 1 fully saturated rings. The Kier molecular flexibility index (Phi) is 3.57. The highest BCUT2D eigenvalue weighted by Gasteiger charge is 2.33. The highest BCUT2D eigenvalue weighted by Crippen LogP contribution is 2.45. The maximum atomic E-state index is 11.5. The molecule has 104 valence electrons. The molecule has 0 saturated heterocycles. The van der Waals surface area contributed by atoms with Gasteiger partial charge in [0.25, 0.3) is 0 Å². The predicted molar refractivity (Wildman–Crippen MR) is 78.3 cm³/mol. The second-order valence-electron chi connectivity index (χ2n) is 5.12. The van der Waals surface area contributed by atoms with Crippen LogP contribution < -0.4 is 0 Å². The number of aromatic nitrogens is 1. The van der Waals surface area contributed by atoms with Gasteiger partial charge in [-0.2, -0.15) is 0 Å². The third-order valence-corrected chi connectivity index (χ3v) is 4.02. The second-order valence-corrected chi connectivity index (χ2v) is 5.94. The molecule has 0 atom stereocenters. The number of ketones is 1. The van der Waals surface area contributed by atoms with E-state index in [9.17, 15) is 4.79 Å². The Hall–Kier alpha value is -1.32. The van der Waals surface area contributed by atoms with Gasteiger partial charge in [-0.25, -0.2) is 0 Å². The summed E-state index contributed by atoms with van der Waals surface area (Å²) < 4.78 is 5.47. The van der Waals surface area contributed by atoms with Crippen molar-refractivity contribution >= 4 is 29.0 Å². The molecule has 1 aromatic carbocycles. The van der Waals surface area contributed by atoms with Crippen LogP contribution in [0.2, 0.25) is 10.0 Å². The van der Waals surface area contributed by atoms with Crippen LogP contribution in [-0.2, 0) is 11.2 Å². The Morgan fingerprint density at radius 2 is 2.00 bits per heavy atom. The molecule has 1 heterocycles. The number of nitrogens with zero attached hydrogens (tertiary/aromatic N) is 1. The highest BCUT2D eigenvalue weighted by molar-refractivity contribution is 6.39. The molecule has 0 spiro atoms. The zero-order chi connectivity index (χ0) is 14.3. The number of halogens is 2. The molecule has 0 amide bonds. The van der Waals surface area contributed by atoms with Gasteiger partial charge < -0.3 is 4.52 Å². The van der Waals surface area contributed by atoms with Crippen LogP contribution in [-0.4, -0.2) is 10.9 Å². The average molecular weight is 310 g/mol. The topological polar surface area (TPSA) is 43.1 Å². The van der Waals surface area contributed by atoms with Gasteiger partial charge in [0.2, 0.25) is 0 Å². The Balaban J connectivity index is 2.15. The van der Waals surface area contributed by atoms with Crippen molar-refractivity contribution in [3.63, 3.8) is 0 Å². The maximum Gasteiger partial charge on any atom is 0.144 e. The molecule has 20 heavy (non-hydrogen) atoms. The van der Waals surface area contributed by atoms with Crippen LogP contribution in [0.5, 0.6) is 0 Å². The molecule has 1 aromatic heterocycles. The molecule has 3 rings (SSSR count). The molecule has 3 nitrogen and oxygen atoms in total. The van der Waals surface area contributed by atoms with Crippen molar-refractivity contribution in [2.45, 2.75) is 32.1 Å². The summed E-state index contributed by atoms with van der Waals surface area (Å²) in [5, 5.41) is 5.15. The fourth-order valence-electron chi connectivity index (χ4n) is 2.33. The minimum atomic E-state index is 0.0690. The fourth-order valence-corrected chi connectivity index (χ4v) is 2.90. The average Bonchev–Trinajstić information content (AvgIpc) is 3.13. The van der Waals surface area contributed by atoms with Crippen LogP contribution in [0.4, 0.5) is 0 Å². The van der Waals surface area contributed by atoms with Crippen molar-refractivity contribution in [3.8, 4) is 11.3 Å². The Bertz CT molecular complexity index is 654. The van der Waals surface area contributed by atoms with Crippen molar-refractivity contribution in [2.75, 3.05) is 0 Å². The maximum absolute atomic E-state index is 11.5. The van der Waals surface area contributed by atoms with E-state index < -0.39 is 0 Å². The van der Waals surface area contributed by atoms with Crippen LogP contribution in [0.1, 0.15) is 37.0 Å². The SMILES string of the molecule is CC(=O)Cc1c(-c2c(Cl)cccc2Cl)noc1C1CC1. The molecule has 5 heteroatoms. The third-order valence-electron chi connectivity index (χ3n) is 3.39. The van der Waals surface area contributed by atoms with Crippen molar-refractivity contribution in [2.24, 2.45) is 0 Å². The lowest BCUT2D eigenvalue weighted by Crippen LogP contribution is -2.00. The van der Waals surface area contributed by atoms with Gasteiger partial charge in [0, 0.05) is 23.5 Å². The number of carbonyl (C=O) groups is 1. The number of hydrogen-bond donors (Lipinski definition) is 0. The van der Waals surface area contributed by atoms with Crippen molar-refractivity contribution in [1.82, 2.24) is 5.16 Å². The van der Waals surface area contributed by atoms with E-state index in [4.69, 9.17) is 27.7 Å². The van der Waals surface area contributed by atoms with Crippen molar-refractivity contribution < 1.29 is 9.32 Å². The van der Waals surface area contributed by atoms with Crippen molar-refractivity contribution in [1.29, 1.82) is 0 Å². The minimum Gasteiger partial charge on any atom is -0.360 e. The quantitative estimate of drug-likeness (QED) is 0.825. The summed E-state index contributed by atoms with van der Waals surface area (Å²) in [6.45, 7) is 1.56. The first-order valence-electron chi connectivity index (χ1n) is 6.50. The van der Waals surface area contributed by atoms with Crippen LogP contribution in [0, 0.1) is 0 Å². The molecule has 2 aromatic rings. The van der Waals surface area contributed by atoms with E-state index in [1.165, 1.54) is 0 Å². The molecular weight excluding hydrogens is 297 g/mol. The fraction of sp³-hybridized carbons (Fsp3) is 0.333. The predicted octanol–water partition coefficient (Wildman–Crippen LogP) is 4.66. The van der Waals surface area contributed by atoms with Crippen LogP contribution >= 0.6 is 23.2 Å². The van der Waals surface area contributed by atoms with Gasteiger partial charge in [0.05, 0.1) is 10.0 Å². The Morgan fingerprint density at radius 3 is 2.55 bits per heavy atom. The molecule has 1 saturated carbocycles. The van der Waals surface area contributed by atoms with Gasteiger partial charge in [-0.05, 0) is 31.9 Å². The van der Waals surface area contributed by atoms with E-state index >= 15 is 0 Å². The largest absolute Gasteiger partial charge is 0.360 e. The van der Waals surface area contributed by atoms with Gasteiger partial charge in [-0.15, -0.1) is 0 Å². The second kappa shape index (κ2) is 5.23. The summed E-state index contributed by atoms with van der Waals surface area (Å²) in [4.78, 5) is 11.5. The first kappa shape index (κ1) is 13.7. The van der Waals surface area contributed by atoms with Gasteiger partial charge >= 0.3 is 0 Å². The smallest absolute Gasteiger partial charge is 0.144 e. The van der Waals surface area contributed by atoms with E-state index in [2.05, 4.69) is 5.16 Å². The van der Waals surface area contributed by atoms with Gasteiger partial charge in [-0.3, -0.25) is 4.79 Å². The number of benzene rings is 1. The Morgan fingerprint density at radius 1 is 1.35 bits per heavy atom. The molecule has 0 radical (unpaired) electrons. The van der Waals surface area contributed by atoms with Crippen LogP contribution in [0.15, 0.2) is 22.7 Å². The first-order valence-corrected chi connectivity index (χ1v) is 7.25. The molecular formula is C15H13Cl2NO2. The van der Waals surface area contributed by atoms with Gasteiger partial charge in [0.15, 0.2) is 0 Å². The van der Waals surface area contributed by atoms with E-state index in [0.717, 1.165) is 24.2 Å². The summed E-state index contributed by atoms with van der Waals surface area (Å²) in [6, 6.07) is 5.29. The number of rotatable bonds is 4. The van der Waals surface area contributed by atoms with Gasteiger partial charge in [-0.1, -0.05) is 34.4 Å². The monoisotopic (exact) mass is 309 g/mol. The number of hydrogen-bond acceptors (Lipinski definition) is 3. The molecule has 0 aliphatic heterocycles. The summed E-state index contributed by atoms with van der Waals surface area (Å²) in [7, 11) is 0. The van der Waals surface area contributed by atoms with E-state index in [-0.39, 0.29) is 5.78 Å². The third kappa shape index (κ3) is 2.48. The van der Waals surface area contributed by atoms with E-state index in [1.54, 1.807) is 25.1 Å². The number of carbonyl (C=O) groups excluding carboxylic acids is 1. The highest BCUT2D eigenvalue weighted by atomic mass is 35.5. The number of Topliss-reactive ketones (excluding diaryl/α,β-unsaturated/α-hetero) is 1. The van der Waals surface area contributed by atoms with Crippen LogP contribution in [0.25, 0.3) is 11.3 Å². The standard InChI is InChI=1S/C15H13Cl2NO2/c1-8(19)7-10-14(18-20-15(10)9-5-6-9)13-11(16)3-2-4-12(13)17/h2-4,9H,5-7H2,1H3. The minimum absolute atomic E-state index is 0.0690. The molecule has 0 unspecified atom stereocenters. The van der Waals surface area contributed by atoms with E-state index in [0.29, 0.717) is 33.6 Å². The lowest BCUT2D eigenvalue weighted by molar-refractivity contribution is -0.116. The molecule has 1 aliphatic carbocycles. The summed E-state index contributed by atoms with van der Waals surface area (Å²) >= 11 is 12.5. The lowest BCUT2D eigenvalue weighted by atomic mass is 10.00. The summed E-state index contributed by atoms with van der Waals surface area (Å²) in [5.74, 6) is 1.26. The lowest BCUT2D eigenvalue weighted by Gasteiger charge is -2.06.